The van der Waals surface area contributed by atoms with E-state index in [1.165, 1.54) is 12.3 Å². The molecule has 0 amide bonds. The molecule has 2 N–H and O–H groups in total. The van der Waals surface area contributed by atoms with E-state index in [9.17, 15) is 8.78 Å². The highest BCUT2D eigenvalue weighted by Crippen LogP contribution is 2.30. The second kappa shape index (κ2) is 4.93. The van der Waals surface area contributed by atoms with Crippen LogP contribution in [0.4, 0.5) is 8.78 Å². The Labute approximate surface area is 93.8 Å². The van der Waals surface area contributed by atoms with Crippen molar-refractivity contribution in [1.29, 1.82) is 0 Å². The Hall–Kier alpha value is -0.940. The summed E-state index contributed by atoms with van der Waals surface area (Å²) in [6.45, 7) is 3.97. The van der Waals surface area contributed by atoms with Crippen molar-refractivity contribution in [2.75, 3.05) is 32.7 Å². The van der Waals surface area contributed by atoms with Gasteiger partial charge in [-0.25, -0.2) is 0 Å². The molecule has 1 aliphatic rings. The van der Waals surface area contributed by atoms with E-state index < -0.39 is 5.92 Å². The van der Waals surface area contributed by atoms with Crippen LogP contribution in [0.15, 0.2) is 18.3 Å². The van der Waals surface area contributed by atoms with E-state index in [0.717, 1.165) is 26.2 Å². The van der Waals surface area contributed by atoms with Crippen molar-refractivity contribution in [3.63, 3.8) is 0 Å². The lowest BCUT2D eigenvalue weighted by Gasteiger charge is -2.28. The van der Waals surface area contributed by atoms with Gasteiger partial charge in [-0.1, -0.05) is 0 Å². The van der Waals surface area contributed by atoms with Gasteiger partial charge in [0, 0.05) is 45.3 Å². The van der Waals surface area contributed by atoms with Crippen molar-refractivity contribution in [2.24, 2.45) is 0 Å². The van der Waals surface area contributed by atoms with Gasteiger partial charge in [0.05, 0.1) is 5.69 Å². The van der Waals surface area contributed by atoms with Gasteiger partial charge in [-0.3, -0.25) is 0 Å². The molecular formula is C11H17F2N3. The van der Waals surface area contributed by atoms with Gasteiger partial charge >= 0.3 is 0 Å². The zero-order valence-corrected chi connectivity index (χ0v) is 9.18. The van der Waals surface area contributed by atoms with E-state index in [0.29, 0.717) is 6.54 Å². The van der Waals surface area contributed by atoms with E-state index in [-0.39, 0.29) is 12.1 Å². The maximum atomic E-state index is 13.7. The van der Waals surface area contributed by atoms with Gasteiger partial charge in [0.15, 0.2) is 0 Å². The number of aromatic amines is 1. The van der Waals surface area contributed by atoms with Crippen LogP contribution in [0.5, 0.6) is 0 Å². The zero-order chi connectivity index (χ0) is 11.4. The summed E-state index contributed by atoms with van der Waals surface area (Å²) >= 11 is 0. The molecule has 1 saturated heterocycles. The van der Waals surface area contributed by atoms with Crippen LogP contribution in [-0.4, -0.2) is 42.6 Å². The van der Waals surface area contributed by atoms with Crippen LogP contribution < -0.4 is 5.32 Å². The van der Waals surface area contributed by atoms with E-state index >= 15 is 0 Å². The smallest absolute Gasteiger partial charge is 0.288 e. The lowest BCUT2D eigenvalue weighted by atomic mass is 10.1. The molecule has 5 heteroatoms. The van der Waals surface area contributed by atoms with Crippen LogP contribution in [0.25, 0.3) is 0 Å². The Balaban J connectivity index is 1.84. The average molecular weight is 229 g/mol. The zero-order valence-electron chi connectivity index (χ0n) is 9.18. The van der Waals surface area contributed by atoms with Crippen molar-refractivity contribution in [3.8, 4) is 0 Å². The molecule has 90 valence electrons. The number of hydrogen-bond acceptors (Lipinski definition) is 2. The maximum absolute atomic E-state index is 13.7. The highest BCUT2D eigenvalue weighted by atomic mass is 19.3. The number of alkyl halides is 2. The van der Waals surface area contributed by atoms with Crippen molar-refractivity contribution in [2.45, 2.75) is 12.3 Å². The number of nitrogens with one attached hydrogen (secondary N) is 2. The summed E-state index contributed by atoms with van der Waals surface area (Å²) in [5.41, 5.74) is 0.0163. The summed E-state index contributed by atoms with van der Waals surface area (Å²) in [4.78, 5) is 4.66. The van der Waals surface area contributed by atoms with Gasteiger partial charge < -0.3 is 15.2 Å². The van der Waals surface area contributed by atoms with E-state index in [1.807, 2.05) is 0 Å². The Kier molecular flexibility index (Phi) is 3.56. The van der Waals surface area contributed by atoms with Crippen LogP contribution in [-0.2, 0) is 5.92 Å². The number of H-pyrrole nitrogens is 1. The number of aromatic nitrogens is 1. The summed E-state index contributed by atoms with van der Waals surface area (Å²) in [6.07, 6.45) is 1.42. The third-order valence-electron chi connectivity index (χ3n) is 2.94. The van der Waals surface area contributed by atoms with Crippen molar-refractivity contribution in [3.05, 3.63) is 24.0 Å². The molecule has 1 aromatic heterocycles. The van der Waals surface area contributed by atoms with Crippen LogP contribution >= 0.6 is 0 Å². The van der Waals surface area contributed by atoms with Gasteiger partial charge in [-0.15, -0.1) is 0 Å². The van der Waals surface area contributed by atoms with Gasteiger partial charge in [-0.05, 0) is 12.1 Å². The molecule has 0 saturated carbocycles. The summed E-state index contributed by atoms with van der Waals surface area (Å²) in [7, 11) is 0. The van der Waals surface area contributed by atoms with Crippen molar-refractivity contribution >= 4 is 0 Å². The highest BCUT2D eigenvalue weighted by molar-refractivity contribution is 5.10. The monoisotopic (exact) mass is 229 g/mol. The lowest BCUT2D eigenvalue weighted by Crippen LogP contribution is -2.44. The molecule has 3 nitrogen and oxygen atoms in total. The summed E-state index contributed by atoms with van der Waals surface area (Å²) in [5, 5.41) is 3.20. The Bertz CT molecular complexity index is 305. The summed E-state index contributed by atoms with van der Waals surface area (Å²) in [6, 6.07) is 3.05. The molecule has 0 aliphatic carbocycles. The maximum Gasteiger partial charge on any atom is 0.288 e. The number of hydrogen-bond donors (Lipinski definition) is 2. The standard InChI is InChI=1S/C11H17F2N3/c12-11(13,10-2-1-4-15-10)3-7-16-8-5-14-6-9-16/h1-2,4,14-15H,3,5-9H2. The fourth-order valence-corrected chi connectivity index (χ4v) is 1.93. The quantitative estimate of drug-likeness (QED) is 0.817. The minimum atomic E-state index is -2.74. The van der Waals surface area contributed by atoms with Crippen LogP contribution in [0.1, 0.15) is 12.1 Å². The fourth-order valence-electron chi connectivity index (χ4n) is 1.93. The number of halogens is 2. The summed E-state index contributed by atoms with van der Waals surface area (Å²) in [5.74, 6) is -2.74. The number of rotatable bonds is 4. The molecule has 0 spiro atoms. The molecule has 0 aromatic carbocycles. The van der Waals surface area contributed by atoms with Gasteiger partial charge in [0.2, 0.25) is 0 Å². The molecule has 1 aromatic rings. The molecule has 2 rings (SSSR count). The molecular weight excluding hydrogens is 212 g/mol. The molecule has 0 radical (unpaired) electrons. The predicted molar refractivity (Wildman–Crippen MR) is 58.6 cm³/mol. The topological polar surface area (TPSA) is 31.1 Å². The summed E-state index contributed by atoms with van der Waals surface area (Å²) < 4.78 is 27.3. The molecule has 1 fully saturated rings. The Morgan fingerprint density at radius 1 is 1.31 bits per heavy atom. The second-order valence-corrected chi connectivity index (χ2v) is 4.13. The molecule has 0 bridgehead atoms. The predicted octanol–water partition coefficient (Wildman–Crippen LogP) is 1.40. The first-order valence-electron chi connectivity index (χ1n) is 5.63. The third-order valence-corrected chi connectivity index (χ3v) is 2.94. The van der Waals surface area contributed by atoms with E-state index in [4.69, 9.17) is 0 Å². The second-order valence-electron chi connectivity index (χ2n) is 4.13. The minimum Gasteiger partial charge on any atom is -0.360 e. The van der Waals surface area contributed by atoms with E-state index in [1.54, 1.807) is 6.07 Å². The Morgan fingerprint density at radius 2 is 2.06 bits per heavy atom. The van der Waals surface area contributed by atoms with Crippen LogP contribution in [0, 0.1) is 0 Å². The number of piperazine rings is 1. The third kappa shape index (κ3) is 2.80. The minimum absolute atomic E-state index is 0.0163. The first-order chi connectivity index (χ1) is 7.68. The first-order valence-corrected chi connectivity index (χ1v) is 5.63. The van der Waals surface area contributed by atoms with Crippen LogP contribution in [0.3, 0.4) is 0 Å². The van der Waals surface area contributed by atoms with Gasteiger partial charge in [-0.2, -0.15) is 8.78 Å². The SMILES string of the molecule is FC(F)(CCN1CCNCC1)c1ccc[nH]1. The number of nitrogens with zero attached hydrogens (tertiary/aromatic N) is 1. The molecule has 16 heavy (non-hydrogen) atoms. The van der Waals surface area contributed by atoms with Crippen molar-refractivity contribution < 1.29 is 8.78 Å². The first kappa shape index (κ1) is 11.5. The molecule has 1 aliphatic heterocycles. The highest BCUT2D eigenvalue weighted by Gasteiger charge is 2.32. The molecule has 2 heterocycles. The Morgan fingerprint density at radius 3 is 2.69 bits per heavy atom. The molecule has 0 atom stereocenters. The normalized spacial score (nSPS) is 18.9. The largest absolute Gasteiger partial charge is 0.360 e. The van der Waals surface area contributed by atoms with Crippen LogP contribution in [0.2, 0.25) is 0 Å². The van der Waals surface area contributed by atoms with E-state index in [2.05, 4.69) is 15.2 Å². The fraction of sp³-hybridized carbons (Fsp3) is 0.636. The van der Waals surface area contributed by atoms with Gasteiger partial charge in [0.1, 0.15) is 0 Å². The lowest BCUT2D eigenvalue weighted by molar-refractivity contribution is -0.0262. The van der Waals surface area contributed by atoms with Gasteiger partial charge in [0.25, 0.3) is 5.92 Å². The average Bonchev–Trinajstić information content (AvgIpc) is 2.82. The molecule has 0 unspecified atom stereocenters. The van der Waals surface area contributed by atoms with Crippen molar-refractivity contribution in [1.82, 2.24) is 15.2 Å².